The van der Waals surface area contributed by atoms with Gasteiger partial charge in [0.2, 0.25) is 0 Å². The summed E-state index contributed by atoms with van der Waals surface area (Å²) < 4.78 is 16.4. The summed E-state index contributed by atoms with van der Waals surface area (Å²) in [6.07, 6.45) is 5.74. The van der Waals surface area contributed by atoms with Crippen LogP contribution in [0.4, 0.5) is 0 Å². The quantitative estimate of drug-likeness (QED) is 0.622. The van der Waals surface area contributed by atoms with E-state index in [2.05, 4.69) is 0 Å². The van der Waals surface area contributed by atoms with Crippen molar-refractivity contribution in [3.05, 3.63) is 59.7 Å². The lowest BCUT2D eigenvalue weighted by Crippen LogP contribution is -2.24. The van der Waals surface area contributed by atoms with Gasteiger partial charge in [-0.1, -0.05) is 18.2 Å². The minimum absolute atomic E-state index is 0.112. The van der Waals surface area contributed by atoms with Crippen molar-refractivity contribution in [1.29, 1.82) is 0 Å². The minimum Gasteiger partial charge on any atom is -0.507 e. The Kier molecular flexibility index (Phi) is 5.92. The van der Waals surface area contributed by atoms with Gasteiger partial charge in [0.05, 0.1) is 19.3 Å². The fraction of sp³-hybridized carbons (Fsp3) is 0.286. The highest BCUT2D eigenvalue weighted by molar-refractivity contribution is 6.08. The van der Waals surface area contributed by atoms with Crippen LogP contribution >= 0.6 is 0 Å². The van der Waals surface area contributed by atoms with E-state index in [4.69, 9.17) is 14.2 Å². The van der Waals surface area contributed by atoms with Gasteiger partial charge in [-0.3, -0.25) is 4.79 Å². The largest absolute Gasteiger partial charge is 0.507 e. The Morgan fingerprint density at radius 3 is 2.81 bits per heavy atom. The van der Waals surface area contributed by atoms with Crippen LogP contribution in [0.3, 0.4) is 0 Å². The van der Waals surface area contributed by atoms with Gasteiger partial charge in [0.1, 0.15) is 17.2 Å². The highest BCUT2D eigenvalue weighted by Crippen LogP contribution is 2.27. The van der Waals surface area contributed by atoms with Gasteiger partial charge in [0.25, 0.3) is 0 Å². The van der Waals surface area contributed by atoms with Gasteiger partial charge in [0.15, 0.2) is 12.1 Å². The van der Waals surface area contributed by atoms with Crippen LogP contribution in [0.2, 0.25) is 0 Å². The number of aromatic hydroxyl groups is 1. The van der Waals surface area contributed by atoms with E-state index >= 15 is 0 Å². The van der Waals surface area contributed by atoms with E-state index in [1.165, 1.54) is 12.1 Å². The molecule has 136 valence electrons. The highest BCUT2D eigenvalue weighted by atomic mass is 16.7. The molecule has 5 heteroatoms. The summed E-state index contributed by atoms with van der Waals surface area (Å²) in [5.41, 5.74) is 1.06. The summed E-state index contributed by atoms with van der Waals surface area (Å²) in [5, 5.41) is 10.2. The summed E-state index contributed by atoms with van der Waals surface area (Å²) in [5.74, 6) is 0.806. The molecule has 5 nitrogen and oxygen atoms in total. The molecule has 3 rings (SSSR count). The highest BCUT2D eigenvalue weighted by Gasteiger charge is 2.16. The fourth-order valence-electron chi connectivity index (χ4n) is 2.76. The van der Waals surface area contributed by atoms with Crippen molar-refractivity contribution in [2.24, 2.45) is 0 Å². The first-order chi connectivity index (χ1) is 12.7. The number of phenolic OH excluding ortho intramolecular Hbond substituents is 1. The maximum atomic E-state index is 12.4. The number of ketones is 1. The summed E-state index contributed by atoms with van der Waals surface area (Å²) >= 11 is 0. The number of allylic oxidation sites excluding steroid dienone is 1. The van der Waals surface area contributed by atoms with Crippen molar-refractivity contribution in [2.45, 2.75) is 25.6 Å². The second-order valence-corrected chi connectivity index (χ2v) is 6.07. The van der Waals surface area contributed by atoms with E-state index in [1.807, 2.05) is 24.3 Å². The van der Waals surface area contributed by atoms with E-state index in [9.17, 15) is 9.90 Å². The number of hydrogen-bond donors (Lipinski definition) is 1. The Morgan fingerprint density at radius 2 is 2.08 bits per heavy atom. The summed E-state index contributed by atoms with van der Waals surface area (Å²) in [6.45, 7) is 0.683. The lowest BCUT2D eigenvalue weighted by molar-refractivity contribution is -0.105. The molecule has 0 spiro atoms. The van der Waals surface area contributed by atoms with E-state index in [0.29, 0.717) is 18.1 Å². The molecule has 0 aliphatic carbocycles. The van der Waals surface area contributed by atoms with Gasteiger partial charge in [-0.2, -0.15) is 0 Å². The maximum Gasteiger partial charge on any atom is 0.199 e. The van der Waals surface area contributed by atoms with Gasteiger partial charge >= 0.3 is 0 Å². The number of rotatable bonds is 6. The van der Waals surface area contributed by atoms with Crippen LogP contribution in [0.15, 0.2) is 48.5 Å². The molecule has 0 amide bonds. The molecule has 1 saturated heterocycles. The molecule has 1 unspecified atom stereocenters. The van der Waals surface area contributed by atoms with E-state index < -0.39 is 0 Å². The topological polar surface area (TPSA) is 65.0 Å². The van der Waals surface area contributed by atoms with Gasteiger partial charge in [-0.15, -0.1) is 0 Å². The molecular formula is C21H22O5. The summed E-state index contributed by atoms with van der Waals surface area (Å²) in [7, 11) is 1.59. The Balaban J connectivity index is 1.67. The zero-order chi connectivity index (χ0) is 18.4. The van der Waals surface area contributed by atoms with Crippen molar-refractivity contribution in [2.75, 3.05) is 13.7 Å². The van der Waals surface area contributed by atoms with Crippen molar-refractivity contribution in [1.82, 2.24) is 0 Å². The van der Waals surface area contributed by atoms with Crippen LogP contribution < -0.4 is 9.47 Å². The predicted molar refractivity (Wildman–Crippen MR) is 98.7 cm³/mol. The average Bonchev–Trinajstić information content (AvgIpc) is 2.67. The number of hydrogen-bond acceptors (Lipinski definition) is 5. The molecule has 1 aliphatic heterocycles. The molecule has 2 aromatic rings. The van der Waals surface area contributed by atoms with Crippen molar-refractivity contribution < 1.29 is 24.1 Å². The van der Waals surface area contributed by atoms with Crippen LogP contribution in [-0.2, 0) is 4.74 Å². The predicted octanol–water partition coefficient (Wildman–Crippen LogP) is 4.20. The van der Waals surface area contributed by atoms with E-state index in [-0.39, 0.29) is 23.4 Å². The number of carbonyl (C=O) groups is 1. The number of ether oxygens (including phenoxy) is 3. The van der Waals surface area contributed by atoms with Crippen LogP contribution in [0, 0.1) is 0 Å². The van der Waals surface area contributed by atoms with Crippen LogP contribution in [0.1, 0.15) is 35.2 Å². The lowest BCUT2D eigenvalue weighted by Gasteiger charge is -2.23. The summed E-state index contributed by atoms with van der Waals surface area (Å²) in [4.78, 5) is 12.4. The SMILES string of the molecule is COc1cccc(/C=C/C(=O)c2ccc(OC3CCCCO3)cc2O)c1. The van der Waals surface area contributed by atoms with E-state index in [1.54, 1.807) is 25.3 Å². The molecule has 1 fully saturated rings. The zero-order valence-corrected chi connectivity index (χ0v) is 14.7. The summed E-state index contributed by atoms with van der Waals surface area (Å²) in [6, 6.07) is 12.1. The molecule has 1 heterocycles. The number of benzene rings is 2. The normalized spacial score (nSPS) is 17.2. The molecule has 1 N–H and O–H groups in total. The third-order valence-electron chi connectivity index (χ3n) is 4.16. The molecule has 1 aliphatic rings. The Labute approximate surface area is 152 Å². The van der Waals surface area contributed by atoms with Gasteiger partial charge in [-0.25, -0.2) is 0 Å². The molecule has 1 atom stereocenters. The first kappa shape index (κ1) is 18.0. The van der Waals surface area contributed by atoms with Crippen molar-refractivity contribution in [3.8, 4) is 17.2 Å². The van der Waals surface area contributed by atoms with Crippen LogP contribution in [-0.4, -0.2) is 30.9 Å². The first-order valence-electron chi connectivity index (χ1n) is 8.63. The molecule has 0 saturated carbocycles. The van der Waals surface area contributed by atoms with Gasteiger partial charge < -0.3 is 19.3 Å². The van der Waals surface area contributed by atoms with Crippen molar-refractivity contribution >= 4 is 11.9 Å². The van der Waals surface area contributed by atoms with Crippen LogP contribution in [0.5, 0.6) is 17.2 Å². The standard InChI is InChI=1S/C21H22O5/c1-24-16-6-4-5-15(13-16)8-11-19(22)18-10-9-17(14-20(18)23)26-21-7-2-3-12-25-21/h4-6,8-11,13-14,21,23H,2-3,7,12H2,1H3/b11-8+. The third-order valence-corrected chi connectivity index (χ3v) is 4.16. The number of carbonyl (C=O) groups excluding carboxylic acids is 1. The van der Waals surface area contributed by atoms with Crippen LogP contribution in [0.25, 0.3) is 6.08 Å². The second-order valence-electron chi connectivity index (χ2n) is 6.07. The molecule has 2 aromatic carbocycles. The molecule has 0 bridgehead atoms. The number of methoxy groups -OCH3 is 1. The molecule has 0 aromatic heterocycles. The molecular weight excluding hydrogens is 332 g/mol. The Morgan fingerprint density at radius 1 is 1.19 bits per heavy atom. The third kappa shape index (κ3) is 4.64. The molecule has 26 heavy (non-hydrogen) atoms. The average molecular weight is 354 g/mol. The zero-order valence-electron chi connectivity index (χ0n) is 14.7. The van der Waals surface area contributed by atoms with Crippen molar-refractivity contribution in [3.63, 3.8) is 0 Å². The van der Waals surface area contributed by atoms with E-state index in [0.717, 1.165) is 24.8 Å². The Bertz CT molecular complexity index is 791. The fourth-order valence-corrected chi connectivity index (χ4v) is 2.76. The smallest absolute Gasteiger partial charge is 0.199 e. The monoisotopic (exact) mass is 354 g/mol. The first-order valence-corrected chi connectivity index (χ1v) is 8.63. The van der Waals surface area contributed by atoms with Gasteiger partial charge in [0, 0.05) is 12.5 Å². The lowest BCUT2D eigenvalue weighted by atomic mass is 10.1. The number of phenols is 1. The minimum atomic E-state index is -0.294. The molecule has 0 radical (unpaired) electrons. The maximum absolute atomic E-state index is 12.4. The Hall–Kier alpha value is -2.79. The van der Waals surface area contributed by atoms with Gasteiger partial charge in [-0.05, 0) is 48.7 Å². The second kappa shape index (κ2) is 8.54.